The van der Waals surface area contributed by atoms with Crippen molar-refractivity contribution in [3.05, 3.63) is 28.8 Å². The summed E-state index contributed by atoms with van der Waals surface area (Å²) >= 11 is 11.0. The Kier molecular flexibility index (Phi) is 6.39. The fourth-order valence-electron chi connectivity index (χ4n) is 1.79. The summed E-state index contributed by atoms with van der Waals surface area (Å²) in [5.41, 5.74) is 7.51. The molecule has 0 atom stereocenters. The molecule has 0 bridgehead atoms. The van der Waals surface area contributed by atoms with E-state index < -0.39 is 0 Å². The Bertz CT molecular complexity index is 412. The molecule has 18 heavy (non-hydrogen) atoms. The Labute approximate surface area is 119 Å². The average molecular weight is 287 g/mol. The molecule has 5 heteroatoms. The number of aliphatic hydroxyl groups is 1. The first-order valence-electron chi connectivity index (χ1n) is 5.97. The number of unbranched alkanes of at least 4 members (excludes halogenated alkanes) is 2. The highest BCUT2D eigenvalue weighted by atomic mass is 35.5. The Balaban J connectivity index is 2.74. The normalized spacial score (nSPS) is 10.4. The van der Waals surface area contributed by atoms with E-state index in [0.717, 1.165) is 37.1 Å². The van der Waals surface area contributed by atoms with Crippen molar-refractivity contribution in [1.29, 1.82) is 0 Å². The number of nitrogens with zero attached hydrogens (tertiary/aromatic N) is 1. The minimum Gasteiger partial charge on any atom is -0.396 e. The number of nitrogens with two attached hydrogens (primary N) is 1. The molecule has 0 spiro atoms. The highest BCUT2D eigenvalue weighted by molar-refractivity contribution is 7.80. The van der Waals surface area contributed by atoms with Crippen LogP contribution < -0.4 is 10.6 Å². The summed E-state index contributed by atoms with van der Waals surface area (Å²) in [6, 6.07) is 5.52. The molecule has 0 aliphatic carbocycles. The Hall–Kier alpha value is -0.840. The lowest BCUT2D eigenvalue weighted by molar-refractivity contribution is 0.283. The summed E-state index contributed by atoms with van der Waals surface area (Å²) in [4.78, 5) is 2.47. The molecule has 0 saturated heterocycles. The third-order valence-corrected chi connectivity index (χ3v) is 3.24. The highest BCUT2D eigenvalue weighted by Crippen LogP contribution is 2.24. The number of anilines is 1. The van der Waals surface area contributed by atoms with Crippen LogP contribution in [-0.2, 0) is 0 Å². The van der Waals surface area contributed by atoms with Gasteiger partial charge in [0, 0.05) is 36.5 Å². The number of halogens is 1. The van der Waals surface area contributed by atoms with Crippen molar-refractivity contribution >= 4 is 34.5 Å². The molecule has 0 unspecified atom stereocenters. The van der Waals surface area contributed by atoms with E-state index in [1.165, 1.54) is 0 Å². The average Bonchev–Trinajstić information content (AvgIpc) is 2.34. The van der Waals surface area contributed by atoms with Gasteiger partial charge in [0.15, 0.2) is 0 Å². The van der Waals surface area contributed by atoms with Gasteiger partial charge in [0.25, 0.3) is 0 Å². The lowest BCUT2D eigenvalue weighted by Gasteiger charge is -2.22. The predicted octanol–water partition coefficient (Wildman–Crippen LogP) is 2.57. The first kappa shape index (κ1) is 15.2. The van der Waals surface area contributed by atoms with Crippen LogP contribution >= 0.6 is 23.8 Å². The summed E-state index contributed by atoms with van der Waals surface area (Å²) in [6.07, 6.45) is 2.86. The van der Waals surface area contributed by atoms with Crippen molar-refractivity contribution in [3.63, 3.8) is 0 Å². The van der Waals surface area contributed by atoms with Gasteiger partial charge in [0.1, 0.15) is 4.99 Å². The standard InChI is InChI=1S/C13H19ClN2OS/c1-16(7-3-2-4-8-17)12-9-10(14)5-6-11(12)13(15)18/h5-6,9,17H,2-4,7-8H2,1H3,(H2,15,18). The summed E-state index contributed by atoms with van der Waals surface area (Å²) in [7, 11) is 1.99. The minimum atomic E-state index is 0.249. The zero-order valence-corrected chi connectivity index (χ0v) is 12.1. The van der Waals surface area contributed by atoms with Crippen LogP contribution in [0.4, 0.5) is 5.69 Å². The van der Waals surface area contributed by atoms with Crippen LogP contribution in [0.15, 0.2) is 18.2 Å². The van der Waals surface area contributed by atoms with Crippen molar-refractivity contribution in [2.24, 2.45) is 5.73 Å². The van der Waals surface area contributed by atoms with Gasteiger partial charge in [0.05, 0.1) is 0 Å². The number of thiocarbonyl (C=S) groups is 1. The fourth-order valence-corrected chi connectivity index (χ4v) is 2.13. The second-order valence-electron chi connectivity index (χ2n) is 4.23. The van der Waals surface area contributed by atoms with E-state index in [0.29, 0.717) is 10.0 Å². The molecule has 0 fully saturated rings. The first-order chi connectivity index (χ1) is 8.56. The lowest BCUT2D eigenvalue weighted by atomic mass is 10.1. The molecule has 100 valence electrons. The molecule has 0 amide bonds. The zero-order chi connectivity index (χ0) is 13.5. The van der Waals surface area contributed by atoms with E-state index in [9.17, 15) is 0 Å². The van der Waals surface area contributed by atoms with E-state index in [1.807, 2.05) is 19.2 Å². The SMILES string of the molecule is CN(CCCCCO)c1cc(Cl)ccc1C(N)=S. The number of rotatable bonds is 7. The summed E-state index contributed by atoms with van der Waals surface area (Å²) in [5.74, 6) is 0. The first-order valence-corrected chi connectivity index (χ1v) is 6.76. The number of hydrogen-bond acceptors (Lipinski definition) is 3. The summed E-state index contributed by atoms with van der Waals surface area (Å²) in [5, 5.41) is 9.41. The molecule has 3 nitrogen and oxygen atoms in total. The largest absolute Gasteiger partial charge is 0.396 e. The van der Waals surface area contributed by atoms with Gasteiger partial charge in [-0.1, -0.05) is 23.8 Å². The molecule has 0 aliphatic heterocycles. The molecule has 1 rings (SSSR count). The van der Waals surface area contributed by atoms with E-state index in [4.69, 9.17) is 34.7 Å². The third-order valence-electron chi connectivity index (χ3n) is 2.79. The molecule has 1 aromatic rings. The Morgan fingerprint density at radius 3 is 2.72 bits per heavy atom. The van der Waals surface area contributed by atoms with Crippen LogP contribution in [0.25, 0.3) is 0 Å². The fraction of sp³-hybridized carbons (Fsp3) is 0.462. The van der Waals surface area contributed by atoms with Crippen LogP contribution in [0.1, 0.15) is 24.8 Å². The molecule has 0 aromatic heterocycles. The molecule has 0 heterocycles. The van der Waals surface area contributed by atoms with Crippen LogP contribution in [0.5, 0.6) is 0 Å². The number of hydrogen-bond donors (Lipinski definition) is 2. The molecule has 0 aliphatic rings. The van der Waals surface area contributed by atoms with E-state index in [1.54, 1.807) is 6.07 Å². The number of aliphatic hydroxyl groups excluding tert-OH is 1. The van der Waals surface area contributed by atoms with Gasteiger partial charge in [-0.25, -0.2) is 0 Å². The van der Waals surface area contributed by atoms with Gasteiger partial charge in [-0.2, -0.15) is 0 Å². The van der Waals surface area contributed by atoms with Crippen molar-refractivity contribution in [1.82, 2.24) is 0 Å². The quantitative estimate of drug-likeness (QED) is 0.597. The topological polar surface area (TPSA) is 49.5 Å². The number of benzene rings is 1. The van der Waals surface area contributed by atoms with E-state index in [2.05, 4.69) is 4.90 Å². The van der Waals surface area contributed by atoms with E-state index >= 15 is 0 Å². The van der Waals surface area contributed by atoms with Gasteiger partial charge in [-0.05, 0) is 37.5 Å². The summed E-state index contributed by atoms with van der Waals surface area (Å²) < 4.78 is 0. The molecular formula is C13H19ClN2OS. The Morgan fingerprint density at radius 1 is 1.39 bits per heavy atom. The molecule has 0 radical (unpaired) electrons. The van der Waals surface area contributed by atoms with Crippen molar-refractivity contribution in [2.75, 3.05) is 25.1 Å². The van der Waals surface area contributed by atoms with Gasteiger partial charge in [-0.15, -0.1) is 0 Å². The van der Waals surface area contributed by atoms with Gasteiger partial charge in [-0.3, -0.25) is 0 Å². The molecule has 1 aromatic carbocycles. The smallest absolute Gasteiger partial charge is 0.106 e. The van der Waals surface area contributed by atoms with Crippen molar-refractivity contribution in [2.45, 2.75) is 19.3 Å². The van der Waals surface area contributed by atoms with Gasteiger partial charge in [0.2, 0.25) is 0 Å². The van der Waals surface area contributed by atoms with Crippen LogP contribution in [0.2, 0.25) is 5.02 Å². The lowest BCUT2D eigenvalue weighted by Crippen LogP contribution is -2.23. The van der Waals surface area contributed by atoms with Gasteiger partial charge < -0.3 is 15.7 Å². The maximum atomic E-state index is 8.74. The van der Waals surface area contributed by atoms with E-state index in [-0.39, 0.29) is 6.61 Å². The zero-order valence-electron chi connectivity index (χ0n) is 10.5. The van der Waals surface area contributed by atoms with Crippen LogP contribution in [0, 0.1) is 0 Å². The predicted molar refractivity (Wildman–Crippen MR) is 81.5 cm³/mol. The second kappa shape index (κ2) is 7.56. The van der Waals surface area contributed by atoms with Crippen molar-refractivity contribution < 1.29 is 5.11 Å². The minimum absolute atomic E-state index is 0.249. The molecule has 0 saturated carbocycles. The molecular weight excluding hydrogens is 268 g/mol. The van der Waals surface area contributed by atoms with Crippen LogP contribution in [0.3, 0.4) is 0 Å². The molecule has 3 N–H and O–H groups in total. The maximum absolute atomic E-state index is 8.74. The summed E-state index contributed by atoms with van der Waals surface area (Å²) in [6.45, 7) is 1.13. The van der Waals surface area contributed by atoms with Crippen molar-refractivity contribution in [3.8, 4) is 0 Å². The van der Waals surface area contributed by atoms with Gasteiger partial charge >= 0.3 is 0 Å². The second-order valence-corrected chi connectivity index (χ2v) is 5.11. The highest BCUT2D eigenvalue weighted by Gasteiger charge is 2.10. The maximum Gasteiger partial charge on any atom is 0.106 e. The van der Waals surface area contributed by atoms with Crippen LogP contribution in [-0.4, -0.2) is 30.3 Å². The third kappa shape index (κ3) is 4.44. The Morgan fingerprint density at radius 2 is 2.11 bits per heavy atom. The monoisotopic (exact) mass is 286 g/mol.